The summed E-state index contributed by atoms with van der Waals surface area (Å²) in [7, 11) is 0. The van der Waals surface area contributed by atoms with Gasteiger partial charge in [0.05, 0.1) is 5.60 Å². The summed E-state index contributed by atoms with van der Waals surface area (Å²) in [6.07, 6.45) is 18.5. The van der Waals surface area contributed by atoms with E-state index in [1.165, 1.54) is 77.0 Å². The Morgan fingerprint density at radius 2 is 1.69 bits per heavy atom. The average Bonchev–Trinajstić information content (AvgIpc) is 3.40. The maximum atomic E-state index is 12.1. The van der Waals surface area contributed by atoms with Crippen molar-refractivity contribution in [3.05, 3.63) is 0 Å². The van der Waals surface area contributed by atoms with Crippen molar-refractivity contribution in [2.24, 2.45) is 52.3 Å². The third-order valence-corrected chi connectivity index (χ3v) is 12.9. The summed E-state index contributed by atoms with van der Waals surface area (Å²) >= 11 is 0. The Balaban J connectivity index is 1.22. The quantitative estimate of drug-likeness (QED) is 0.335. The molecular formula is C33H57NO2. The summed E-state index contributed by atoms with van der Waals surface area (Å²) in [5.74, 6) is 6.64. The SMILES string of the molecule is CC(C)CCC[C@@H](C)[C@H]1CC[C@H]2[C@@H]3CC[C@H]4C[C@](C)(OCN5CCCC5=O)CC[C@]4(C)[C@H]3CC[C@]12C. The fourth-order valence-corrected chi connectivity index (χ4v) is 10.6. The predicted molar refractivity (Wildman–Crippen MR) is 148 cm³/mol. The van der Waals surface area contributed by atoms with Crippen LogP contribution in [0.4, 0.5) is 0 Å². The molecule has 0 aromatic heterocycles. The summed E-state index contributed by atoms with van der Waals surface area (Å²) in [6, 6.07) is 0. The zero-order valence-electron chi connectivity index (χ0n) is 24.6. The summed E-state index contributed by atoms with van der Waals surface area (Å²) in [5.41, 5.74) is 1.04. The molecule has 9 atom stereocenters. The molecule has 1 saturated heterocycles. The Kier molecular flexibility index (Phi) is 7.65. The number of hydrogen-bond donors (Lipinski definition) is 0. The maximum Gasteiger partial charge on any atom is 0.224 e. The Hall–Kier alpha value is -0.570. The van der Waals surface area contributed by atoms with E-state index in [1.54, 1.807) is 0 Å². The standard InChI is InChI=1S/C33H57NO2/c1-23(2)9-7-10-24(3)27-14-15-28-26-13-12-25-21-31(4,36-22-34-20-8-11-30(34)35)18-19-32(25,5)29(26)16-17-33(27,28)6/h23-29H,7-22H2,1-6H3/t24-,25+,26+,27-,28+,29+,31-,32+,33-/m1/s1. The molecule has 1 amide bonds. The summed E-state index contributed by atoms with van der Waals surface area (Å²) in [4.78, 5) is 14.0. The summed E-state index contributed by atoms with van der Waals surface area (Å²) < 4.78 is 6.53. The van der Waals surface area contributed by atoms with E-state index in [-0.39, 0.29) is 11.5 Å². The lowest BCUT2D eigenvalue weighted by Crippen LogP contribution is -2.56. The molecular weight excluding hydrogens is 442 g/mol. The molecule has 0 radical (unpaired) electrons. The van der Waals surface area contributed by atoms with Crippen molar-refractivity contribution >= 4 is 5.91 Å². The first-order valence-corrected chi connectivity index (χ1v) is 16.0. The molecule has 3 heteroatoms. The normalized spacial score (nSPS) is 45.5. The molecule has 1 aliphatic heterocycles. The van der Waals surface area contributed by atoms with Crippen molar-refractivity contribution in [3.63, 3.8) is 0 Å². The van der Waals surface area contributed by atoms with Crippen LogP contribution in [0.2, 0.25) is 0 Å². The van der Waals surface area contributed by atoms with Gasteiger partial charge in [-0.15, -0.1) is 0 Å². The van der Waals surface area contributed by atoms with Gasteiger partial charge in [-0.25, -0.2) is 0 Å². The van der Waals surface area contributed by atoms with Gasteiger partial charge in [0.1, 0.15) is 6.73 Å². The van der Waals surface area contributed by atoms with Crippen LogP contribution in [0.3, 0.4) is 0 Å². The minimum absolute atomic E-state index is 0.0487. The predicted octanol–water partition coefficient (Wildman–Crippen LogP) is 8.46. The third-order valence-electron chi connectivity index (χ3n) is 12.9. The third kappa shape index (κ3) is 4.82. The molecule has 3 nitrogen and oxygen atoms in total. The monoisotopic (exact) mass is 499 g/mol. The van der Waals surface area contributed by atoms with E-state index in [2.05, 4.69) is 41.5 Å². The van der Waals surface area contributed by atoms with Crippen LogP contribution in [0.1, 0.15) is 131 Å². The van der Waals surface area contributed by atoms with Gasteiger partial charge in [0.25, 0.3) is 0 Å². The molecule has 5 fully saturated rings. The second-order valence-electron chi connectivity index (χ2n) is 15.4. The summed E-state index contributed by atoms with van der Waals surface area (Å²) in [6.45, 7) is 16.5. The van der Waals surface area contributed by atoms with Gasteiger partial charge in [-0.3, -0.25) is 4.79 Å². The molecule has 0 unspecified atom stereocenters. The van der Waals surface area contributed by atoms with Crippen LogP contribution < -0.4 is 0 Å². The highest BCUT2D eigenvalue weighted by atomic mass is 16.5. The number of amides is 1. The van der Waals surface area contributed by atoms with Gasteiger partial charge >= 0.3 is 0 Å². The number of likely N-dealkylation sites (tertiary alicyclic amines) is 1. The molecule has 36 heavy (non-hydrogen) atoms. The number of carbonyl (C=O) groups is 1. The Labute approximate surface area is 222 Å². The van der Waals surface area contributed by atoms with E-state index in [0.29, 0.717) is 24.0 Å². The van der Waals surface area contributed by atoms with Crippen LogP contribution in [0, 0.1) is 52.3 Å². The van der Waals surface area contributed by atoms with E-state index in [1.807, 2.05) is 4.90 Å². The van der Waals surface area contributed by atoms with Gasteiger partial charge in [0.2, 0.25) is 5.91 Å². The number of hydrogen-bond acceptors (Lipinski definition) is 2. The van der Waals surface area contributed by atoms with Gasteiger partial charge < -0.3 is 9.64 Å². The molecule has 5 rings (SSSR count). The van der Waals surface area contributed by atoms with E-state index in [4.69, 9.17) is 4.74 Å². The number of nitrogens with zero attached hydrogens (tertiary/aromatic N) is 1. The molecule has 5 aliphatic rings. The number of rotatable bonds is 8. The highest BCUT2D eigenvalue weighted by Crippen LogP contribution is 2.69. The van der Waals surface area contributed by atoms with Crippen LogP contribution in [-0.2, 0) is 9.53 Å². The second kappa shape index (κ2) is 10.2. The molecule has 0 spiro atoms. The van der Waals surface area contributed by atoms with E-state index in [0.717, 1.165) is 54.4 Å². The van der Waals surface area contributed by atoms with Crippen LogP contribution in [0.15, 0.2) is 0 Å². The smallest absolute Gasteiger partial charge is 0.224 e. The van der Waals surface area contributed by atoms with Crippen molar-refractivity contribution in [1.29, 1.82) is 0 Å². The Morgan fingerprint density at radius 3 is 2.42 bits per heavy atom. The molecule has 4 saturated carbocycles. The Bertz CT molecular complexity index is 795. The van der Waals surface area contributed by atoms with Crippen molar-refractivity contribution < 1.29 is 9.53 Å². The van der Waals surface area contributed by atoms with Gasteiger partial charge in [0.15, 0.2) is 0 Å². The highest BCUT2D eigenvalue weighted by molar-refractivity contribution is 5.77. The fraction of sp³-hybridized carbons (Fsp3) is 0.970. The lowest BCUT2D eigenvalue weighted by molar-refractivity contribution is -0.177. The highest BCUT2D eigenvalue weighted by Gasteiger charge is 2.61. The van der Waals surface area contributed by atoms with Crippen molar-refractivity contribution in [2.75, 3.05) is 13.3 Å². The number of ether oxygens (including phenoxy) is 1. The number of carbonyl (C=O) groups excluding carboxylic acids is 1. The van der Waals surface area contributed by atoms with Gasteiger partial charge in [-0.05, 0) is 123 Å². The van der Waals surface area contributed by atoms with Crippen LogP contribution in [-0.4, -0.2) is 29.7 Å². The zero-order chi connectivity index (χ0) is 25.7. The van der Waals surface area contributed by atoms with Gasteiger partial charge in [-0.2, -0.15) is 0 Å². The molecule has 206 valence electrons. The van der Waals surface area contributed by atoms with Crippen LogP contribution >= 0.6 is 0 Å². The largest absolute Gasteiger partial charge is 0.355 e. The molecule has 1 heterocycles. The van der Waals surface area contributed by atoms with E-state index in [9.17, 15) is 4.79 Å². The fourth-order valence-electron chi connectivity index (χ4n) is 10.6. The Morgan fingerprint density at radius 1 is 0.917 bits per heavy atom. The second-order valence-corrected chi connectivity index (χ2v) is 15.4. The van der Waals surface area contributed by atoms with Crippen LogP contribution in [0.5, 0.6) is 0 Å². The molecule has 4 aliphatic carbocycles. The maximum absolute atomic E-state index is 12.1. The lowest BCUT2D eigenvalue weighted by atomic mass is 9.43. The summed E-state index contributed by atoms with van der Waals surface area (Å²) in [5, 5.41) is 0. The minimum atomic E-state index is -0.0487. The lowest BCUT2D eigenvalue weighted by Gasteiger charge is -2.62. The van der Waals surface area contributed by atoms with Crippen molar-refractivity contribution in [1.82, 2.24) is 4.90 Å². The van der Waals surface area contributed by atoms with E-state index < -0.39 is 0 Å². The topological polar surface area (TPSA) is 29.5 Å². The first-order chi connectivity index (χ1) is 17.1. The van der Waals surface area contributed by atoms with Crippen molar-refractivity contribution in [3.8, 4) is 0 Å². The first-order valence-electron chi connectivity index (χ1n) is 16.0. The average molecular weight is 500 g/mol. The van der Waals surface area contributed by atoms with Crippen LogP contribution in [0.25, 0.3) is 0 Å². The first kappa shape index (κ1) is 27.0. The van der Waals surface area contributed by atoms with E-state index >= 15 is 0 Å². The minimum Gasteiger partial charge on any atom is -0.355 e. The van der Waals surface area contributed by atoms with Gasteiger partial charge in [-0.1, -0.05) is 53.9 Å². The molecule has 0 aromatic carbocycles. The molecule has 0 bridgehead atoms. The van der Waals surface area contributed by atoms with Gasteiger partial charge in [0, 0.05) is 13.0 Å². The van der Waals surface area contributed by atoms with Crippen molar-refractivity contribution in [2.45, 2.75) is 137 Å². The number of fused-ring (bicyclic) bond motifs is 5. The zero-order valence-corrected chi connectivity index (χ0v) is 24.6. The molecule has 0 N–H and O–H groups in total. The molecule has 0 aromatic rings.